The maximum absolute atomic E-state index is 13.0. The number of halogens is 2. The topological polar surface area (TPSA) is 49.7 Å². The first-order valence-corrected chi connectivity index (χ1v) is 10.8. The fraction of sp³-hybridized carbons (Fsp3) is 0.278. The van der Waals surface area contributed by atoms with E-state index in [4.69, 9.17) is 11.6 Å². The Kier molecular flexibility index (Phi) is 5.41. The van der Waals surface area contributed by atoms with Gasteiger partial charge in [-0.05, 0) is 96.8 Å². The summed E-state index contributed by atoms with van der Waals surface area (Å²) in [7, 11) is -3.67. The van der Waals surface area contributed by atoms with Gasteiger partial charge in [0.1, 0.15) is 0 Å². The lowest BCUT2D eigenvalue weighted by atomic mass is 10.0. The Hall–Kier alpha value is -1.12. The van der Waals surface area contributed by atoms with E-state index in [0.717, 1.165) is 33.3 Å². The average Bonchev–Trinajstić information content (AvgIpc) is 2.58. The molecule has 0 spiro atoms. The number of aryl methyl sites for hydroxylation is 1. The molecule has 0 saturated carbocycles. The van der Waals surface area contributed by atoms with Crippen LogP contribution < -0.4 is 0 Å². The summed E-state index contributed by atoms with van der Waals surface area (Å²) in [4.78, 5) is 0.261. The van der Waals surface area contributed by atoms with Crippen molar-refractivity contribution in [3.8, 4) is 0 Å². The molecule has 0 fully saturated rings. The van der Waals surface area contributed by atoms with E-state index in [2.05, 4.69) is 27.7 Å². The Balaban J connectivity index is 2.01. The Morgan fingerprint density at radius 3 is 2.52 bits per heavy atom. The summed E-state index contributed by atoms with van der Waals surface area (Å²) in [6, 6.07) is 12.3. The maximum Gasteiger partial charge on any atom is 0.279 e. The van der Waals surface area contributed by atoms with Crippen LogP contribution in [0.3, 0.4) is 0 Å². The van der Waals surface area contributed by atoms with Crippen LogP contribution in [0, 0.1) is 10.5 Å². The Bertz CT molecular complexity index is 927. The second kappa shape index (κ2) is 7.25. The van der Waals surface area contributed by atoms with Gasteiger partial charge in [0, 0.05) is 8.59 Å². The van der Waals surface area contributed by atoms with Gasteiger partial charge in [-0.2, -0.15) is 17.9 Å². The first-order chi connectivity index (χ1) is 11.8. The second-order valence-electron chi connectivity index (χ2n) is 6.13. The molecule has 2 aromatic carbocycles. The largest absolute Gasteiger partial charge is 0.279 e. The van der Waals surface area contributed by atoms with Crippen LogP contribution in [0.25, 0.3) is 0 Å². The van der Waals surface area contributed by atoms with Gasteiger partial charge in [0.2, 0.25) is 0 Å². The molecule has 0 aromatic heterocycles. The van der Waals surface area contributed by atoms with E-state index in [1.54, 1.807) is 24.3 Å². The van der Waals surface area contributed by atoms with Crippen molar-refractivity contribution in [3.05, 3.63) is 62.2 Å². The van der Waals surface area contributed by atoms with Crippen LogP contribution in [0.5, 0.6) is 0 Å². The molecule has 2 aromatic rings. The Labute approximate surface area is 167 Å². The molecule has 0 N–H and O–H groups in total. The molecular weight excluding hydrogens is 471 g/mol. The van der Waals surface area contributed by atoms with Crippen molar-refractivity contribution in [2.24, 2.45) is 5.10 Å². The average molecular weight is 489 g/mol. The molecule has 0 amide bonds. The van der Waals surface area contributed by atoms with Crippen molar-refractivity contribution in [3.63, 3.8) is 0 Å². The third-order valence-corrected chi connectivity index (χ3v) is 7.19. The highest BCUT2D eigenvalue weighted by molar-refractivity contribution is 14.1. The fourth-order valence-corrected chi connectivity index (χ4v) is 4.71. The van der Waals surface area contributed by atoms with Gasteiger partial charge in [0.05, 0.1) is 16.6 Å². The van der Waals surface area contributed by atoms with E-state index in [9.17, 15) is 8.42 Å². The highest BCUT2D eigenvalue weighted by Gasteiger charge is 2.31. The van der Waals surface area contributed by atoms with Crippen LogP contribution >= 0.6 is 34.2 Å². The number of rotatable bonds is 3. The summed E-state index contributed by atoms with van der Waals surface area (Å²) in [6.07, 6.45) is 1.46. The van der Waals surface area contributed by atoms with E-state index < -0.39 is 10.0 Å². The molecule has 1 atom stereocenters. The zero-order valence-electron chi connectivity index (χ0n) is 13.9. The van der Waals surface area contributed by atoms with Gasteiger partial charge in [-0.15, -0.1) is 0 Å². The number of nitrogens with zero attached hydrogens (tertiary/aromatic N) is 2. The molecule has 7 heteroatoms. The minimum absolute atomic E-state index is 0.179. The predicted molar refractivity (Wildman–Crippen MR) is 110 cm³/mol. The predicted octanol–water partition coefficient (Wildman–Crippen LogP) is 4.83. The number of benzene rings is 2. The Morgan fingerprint density at radius 1 is 1.20 bits per heavy atom. The van der Waals surface area contributed by atoms with Crippen LogP contribution in [0.2, 0.25) is 5.02 Å². The van der Waals surface area contributed by atoms with Crippen molar-refractivity contribution in [1.29, 1.82) is 0 Å². The van der Waals surface area contributed by atoms with Crippen LogP contribution in [0.4, 0.5) is 0 Å². The van der Waals surface area contributed by atoms with Crippen molar-refractivity contribution in [2.45, 2.75) is 37.6 Å². The normalized spacial score (nSPS) is 18.2. The first-order valence-electron chi connectivity index (χ1n) is 7.93. The molecule has 1 aliphatic rings. The lowest BCUT2D eigenvalue weighted by Gasteiger charge is -2.31. The number of hydrogen-bond acceptors (Lipinski definition) is 3. The van der Waals surface area contributed by atoms with Gasteiger partial charge >= 0.3 is 0 Å². The lowest BCUT2D eigenvalue weighted by Crippen LogP contribution is -2.38. The molecule has 0 saturated heterocycles. The maximum atomic E-state index is 13.0. The van der Waals surface area contributed by atoms with E-state index in [1.165, 1.54) is 4.41 Å². The van der Waals surface area contributed by atoms with Crippen molar-refractivity contribution < 1.29 is 8.42 Å². The van der Waals surface area contributed by atoms with Crippen molar-refractivity contribution in [2.75, 3.05) is 0 Å². The molecule has 0 aliphatic carbocycles. The molecule has 132 valence electrons. The van der Waals surface area contributed by atoms with E-state index >= 15 is 0 Å². The van der Waals surface area contributed by atoms with E-state index in [0.29, 0.717) is 5.02 Å². The molecule has 25 heavy (non-hydrogen) atoms. The summed E-state index contributed by atoms with van der Waals surface area (Å²) in [5, 5.41) is 5.18. The number of hydrogen-bond donors (Lipinski definition) is 0. The highest BCUT2D eigenvalue weighted by Crippen LogP contribution is 2.27. The summed E-state index contributed by atoms with van der Waals surface area (Å²) in [5.74, 6) is 0. The monoisotopic (exact) mass is 488 g/mol. The van der Waals surface area contributed by atoms with Crippen LogP contribution in [0.15, 0.2) is 52.5 Å². The Morgan fingerprint density at radius 2 is 1.88 bits per heavy atom. The molecule has 0 bridgehead atoms. The summed E-state index contributed by atoms with van der Waals surface area (Å²) in [6.45, 7) is 3.82. The van der Waals surface area contributed by atoms with Crippen LogP contribution in [-0.2, 0) is 10.0 Å². The van der Waals surface area contributed by atoms with Gasteiger partial charge in [0.25, 0.3) is 10.0 Å². The molecule has 4 nitrogen and oxygen atoms in total. The SMILES string of the molecule is Cc1cc(C2=NN(S(=O)(=O)c3ccc(I)cc3)C(C)CC2)ccc1Cl. The van der Waals surface area contributed by atoms with Gasteiger partial charge in [-0.3, -0.25) is 0 Å². The third kappa shape index (κ3) is 3.85. The molecule has 3 rings (SSSR count). The minimum atomic E-state index is -3.67. The summed E-state index contributed by atoms with van der Waals surface area (Å²) < 4.78 is 28.2. The van der Waals surface area contributed by atoms with Gasteiger partial charge in [-0.1, -0.05) is 17.7 Å². The molecule has 1 aliphatic heterocycles. The highest BCUT2D eigenvalue weighted by atomic mass is 127. The van der Waals surface area contributed by atoms with Crippen molar-refractivity contribution >= 4 is 49.9 Å². The van der Waals surface area contributed by atoms with Crippen LogP contribution in [-0.4, -0.2) is 24.6 Å². The second-order valence-corrected chi connectivity index (χ2v) is 9.58. The summed E-state index contributed by atoms with van der Waals surface area (Å²) in [5.41, 5.74) is 2.64. The zero-order chi connectivity index (χ0) is 18.2. The lowest BCUT2D eigenvalue weighted by molar-refractivity contribution is 0.323. The van der Waals surface area contributed by atoms with Gasteiger partial charge < -0.3 is 0 Å². The third-order valence-electron chi connectivity index (χ3n) is 4.24. The molecule has 1 unspecified atom stereocenters. The van der Waals surface area contributed by atoms with Gasteiger partial charge in [0.15, 0.2) is 0 Å². The fourth-order valence-electron chi connectivity index (χ4n) is 2.76. The minimum Gasteiger partial charge on any atom is -0.200 e. The zero-order valence-corrected chi connectivity index (χ0v) is 17.6. The molecule has 1 heterocycles. The first kappa shape index (κ1) is 18.7. The molecular formula is C18H18ClIN2O2S. The summed E-state index contributed by atoms with van der Waals surface area (Å²) >= 11 is 8.24. The van der Waals surface area contributed by atoms with Crippen molar-refractivity contribution in [1.82, 2.24) is 4.41 Å². The van der Waals surface area contributed by atoms with E-state index in [1.807, 2.05) is 32.0 Å². The quantitative estimate of drug-likeness (QED) is 0.581. The van der Waals surface area contributed by atoms with E-state index in [-0.39, 0.29) is 10.9 Å². The number of sulfonamides is 1. The molecule has 0 radical (unpaired) electrons. The number of hydrazone groups is 1. The van der Waals surface area contributed by atoms with Crippen LogP contribution in [0.1, 0.15) is 30.9 Å². The van der Waals surface area contributed by atoms with Gasteiger partial charge in [-0.25, -0.2) is 0 Å². The standard InChI is InChI=1S/C18H18ClIN2O2S/c1-12-11-14(4-9-17(12)19)18-10-3-13(2)22(21-18)25(23,24)16-7-5-15(20)6-8-16/h4-9,11,13H,3,10H2,1-2H3. The smallest absolute Gasteiger partial charge is 0.200 e.